The van der Waals surface area contributed by atoms with E-state index in [2.05, 4.69) is 20.6 Å². The average molecular weight is 368 g/mol. The van der Waals surface area contributed by atoms with Gasteiger partial charge in [0.05, 0.1) is 11.9 Å². The van der Waals surface area contributed by atoms with E-state index in [-0.39, 0.29) is 17.4 Å². The van der Waals surface area contributed by atoms with Crippen LogP contribution in [0.25, 0.3) is 5.69 Å². The molecule has 10 heteroatoms. The summed E-state index contributed by atoms with van der Waals surface area (Å²) in [4.78, 5) is 12.8. The lowest BCUT2D eigenvalue weighted by molar-refractivity contribution is -0.119. The van der Waals surface area contributed by atoms with Gasteiger partial charge in [-0.1, -0.05) is 30.0 Å². The van der Waals surface area contributed by atoms with Crippen LogP contribution in [0, 0.1) is 11.3 Å². The normalized spacial score (nSPS) is 11.7. The number of nitrogens with two attached hydrogens (primary N) is 1. The highest BCUT2D eigenvalue weighted by Crippen LogP contribution is 2.24. The van der Waals surface area contributed by atoms with Gasteiger partial charge in [-0.15, -0.1) is 10.2 Å². The van der Waals surface area contributed by atoms with Crippen LogP contribution in [-0.4, -0.2) is 36.7 Å². The number of hydrogen-bond donors (Lipinski definition) is 2. The Morgan fingerprint density at radius 2 is 2.08 bits per heavy atom. The number of hydrogen-bond acceptors (Lipinski definition) is 7. The molecule has 0 aliphatic heterocycles. The minimum atomic E-state index is -0.668. The van der Waals surface area contributed by atoms with E-state index < -0.39 is 6.04 Å². The first-order chi connectivity index (χ1) is 12.6. The lowest BCUT2D eigenvalue weighted by atomic mass is 10.2. The number of nitrogens with one attached hydrogen (secondary N) is 1. The Labute approximate surface area is 153 Å². The molecule has 0 bridgehead atoms. The summed E-state index contributed by atoms with van der Waals surface area (Å²) < 4.78 is 3.05. The van der Waals surface area contributed by atoms with Gasteiger partial charge in [-0.3, -0.25) is 9.36 Å². The lowest BCUT2D eigenvalue weighted by Crippen LogP contribution is -2.26. The molecule has 2 heterocycles. The number of thioether (sulfide) groups is 1. The van der Waals surface area contributed by atoms with Gasteiger partial charge in [-0.05, 0) is 25.3 Å². The molecule has 3 N–H and O–H groups in total. The third kappa shape index (κ3) is 3.12. The second-order valence-corrected chi connectivity index (χ2v) is 6.12. The Kier molecular flexibility index (Phi) is 4.90. The predicted octanol–water partition coefficient (Wildman–Crippen LogP) is 1.84. The molecule has 9 nitrogen and oxygen atoms in total. The first-order valence-corrected chi connectivity index (χ1v) is 8.88. The topological polar surface area (TPSA) is 127 Å². The van der Waals surface area contributed by atoms with Crippen molar-refractivity contribution in [1.82, 2.24) is 24.5 Å². The van der Waals surface area contributed by atoms with E-state index in [1.54, 1.807) is 6.92 Å². The van der Waals surface area contributed by atoms with Crippen molar-refractivity contribution >= 4 is 29.4 Å². The van der Waals surface area contributed by atoms with E-state index in [0.29, 0.717) is 11.0 Å². The number of carbonyl (C=O) groups excluding carboxylic acids is 1. The van der Waals surface area contributed by atoms with Crippen LogP contribution in [0.15, 0.2) is 41.7 Å². The van der Waals surface area contributed by atoms with Crippen molar-refractivity contribution in [2.75, 3.05) is 17.3 Å². The monoisotopic (exact) mass is 368 g/mol. The smallest absolute Gasteiger partial charge is 0.248 e. The van der Waals surface area contributed by atoms with Crippen molar-refractivity contribution in [3.63, 3.8) is 0 Å². The molecule has 0 aliphatic carbocycles. The van der Waals surface area contributed by atoms with E-state index in [1.165, 1.54) is 27.2 Å². The van der Waals surface area contributed by atoms with E-state index >= 15 is 0 Å². The van der Waals surface area contributed by atoms with Gasteiger partial charge in [0, 0.05) is 0 Å². The molecule has 1 aromatic carbocycles. The maximum Gasteiger partial charge on any atom is 0.248 e. The van der Waals surface area contributed by atoms with Gasteiger partial charge < -0.3 is 11.1 Å². The van der Waals surface area contributed by atoms with Crippen LogP contribution < -0.4 is 11.1 Å². The zero-order chi connectivity index (χ0) is 18.7. The van der Waals surface area contributed by atoms with Crippen molar-refractivity contribution in [1.29, 1.82) is 5.26 Å². The summed E-state index contributed by atoms with van der Waals surface area (Å²) in [7, 11) is 0. The second-order valence-electron chi connectivity index (χ2n) is 5.35. The van der Waals surface area contributed by atoms with Gasteiger partial charge in [0.15, 0.2) is 11.0 Å². The Morgan fingerprint density at radius 1 is 1.35 bits per heavy atom. The number of aromatic nitrogens is 5. The molecule has 2 aromatic heterocycles. The molecule has 132 valence electrons. The lowest BCUT2D eigenvalue weighted by Gasteiger charge is -2.16. The standard InChI is InChI=1S/C16H16N8OS/c1-10(23-15(18)21-22-16(23)26-2)14(25)20-13-11(8-17)9-19-24(13)12-6-4-3-5-7-12/h3-7,9-10H,1-2H3,(H2,18,21)(H,20,25). The highest BCUT2D eigenvalue weighted by Gasteiger charge is 2.24. The van der Waals surface area contributed by atoms with Gasteiger partial charge in [-0.2, -0.15) is 10.4 Å². The number of carbonyl (C=O) groups is 1. The Bertz CT molecular complexity index is 972. The van der Waals surface area contributed by atoms with E-state index in [1.807, 2.05) is 42.7 Å². The fraction of sp³-hybridized carbons (Fsp3) is 0.188. The van der Waals surface area contributed by atoms with Gasteiger partial charge in [-0.25, -0.2) is 4.68 Å². The quantitative estimate of drug-likeness (QED) is 0.658. The van der Waals surface area contributed by atoms with Crippen LogP contribution in [0.2, 0.25) is 0 Å². The van der Waals surface area contributed by atoms with Crippen LogP contribution in [0.4, 0.5) is 11.8 Å². The number of nitrogen functional groups attached to an aromatic ring is 1. The van der Waals surface area contributed by atoms with Crippen molar-refractivity contribution in [3.05, 3.63) is 42.1 Å². The molecule has 1 atom stereocenters. The number of benzene rings is 1. The summed E-state index contributed by atoms with van der Waals surface area (Å²) in [6.45, 7) is 1.68. The molecule has 3 aromatic rings. The van der Waals surface area contributed by atoms with Gasteiger partial charge >= 0.3 is 0 Å². The summed E-state index contributed by atoms with van der Waals surface area (Å²) in [6.07, 6.45) is 3.23. The Morgan fingerprint density at radius 3 is 2.73 bits per heavy atom. The molecular weight excluding hydrogens is 352 g/mol. The van der Waals surface area contributed by atoms with Crippen LogP contribution in [-0.2, 0) is 4.79 Å². The second kappa shape index (κ2) is 7.28. The first kappa shape index (κ1) is 17.5. The summed E-state index contributed by atoms with van der Waals surface area (Å²) in [6, 6.07) is 10.6. The van der Waals surface area contributed by atoms with E-state index in [4.69, 9.17) is 5.73 Å². The molecular formula is C16H16N8OS. The zero-order valence-corrected chi connectivity index (χ0v) is 14.9. The zero-order valence-electron chi connectivity index (χ0n) is 14.1. The molecule has 0 saturated carbocycles. The first-order valence-electron chi connectivity index (χ1n) is 7.65. The van der Waals surface area contributed by atoms with Crippen LogP contribution in [0.5, 0.6) is 0 Å². The third-order valence-corrected chi connectivity index (χ3v) is 4.42. The molecule has 3 rings (SSSR count). The number of nitrogens with zero attached hydrogens (tertiary/aromatic N) is 6. The summed E-state index contributed by atoms with van der Waals surface area (Å²) >= 11 is 1.34. The van der Waals surface area contributed by atoms with Crippen molar-refractivity contribution in [2.45, 2.75) is 18.1 Å². The molecule has 0 saturated heterocycles. The Hall–Kier alpha value is -3.32. The highest BCUT2D eigenvalue weighted by atomic mass is 32.2. The molecule has 1 unspecified atom stereocenters. The van der Waals surface area contributed by atoms with Crippen molar-refractivity contribution < 1.29 is 4.79 Å². The van der Waals surface area contributed by atoms with E-state index in [0.717, 1.165) is 5.69 Å². The van der Waals surface area contributed by atoms with Gasteiger partial charge in [0.25, 0.3) is 0 Å². The number of rotatable bonds is 5. The average Bonchev–Trinajstić information content (AvgIpc) is 3.24. The number of nitriles is 1. The third-order valence-electron chi connectivity index (χ3n) is 3.77. The van der Waals surface area contributed by atoms with Gasteiger partial charge in [0.2, 0.25) is 11.9 Å². The fourth-order valence-corrected chi connectivity index (χ4v) is 3.02. The molecule has 1 amide bonds. The van der Waals surface area contributed by atoms with Crippen LogP contribution in [0.3, 0.4) is 0 Å². The molecule has 26 heavy (non-hydrogen) atoms. The maximum atomic E-state index is 12.8. The minimum Gasteiger partial charge on any atom is -0.368 e. The van der Waals surface area contributed by atoms with Crippen molar-refractivity contribution in [3.8, 4) is 11.8 Å². The SMILES string of the molecule is CSc1nnc(N)n1C(C)C(=O)Nc1c(C#N)cnn1-c1ccccc1. The fourth-order valence-electron chi connectivity index (χ4n) is 2.45. The largest absolute Gasteiger partial charge is 0.368 e. The van der Waals surface area contributed by atoms with Crippen LogP contribution >= 0.6 is 11.8 Å². The van der Waals surface area contributed by atoms with E-state index in [9.17, 15) is 10.1 Å². The molecule has 0 fully saturated rings. The summed E-state index contributed by atoms with van der Waals surface area (Å²) in [5.74, 6) is 0.0861. The number of para-hydroxylation sites is 1. The highest BCUT2D eigenvalue weighted by molar-refractivity contribution is 7.98. The summed E-state index contributed by atoms with van der Waals surface area (Å²) in [5, 5.41) is 24.6. The van der Waals surface area contributed by atoms with Crippen LogP contribution in [0.1, 0.15) is 18.5 Å². The number of amides is 1. The van der Waals surface area contributed by atoms with Gasteiger partial charge in [0.1, 0.15) is 17.7 Å². The predicted molar refractivity (Wildman–Crippen MR) is 97.8 cm³/mol. The Balaban J connectivity index is 1.94. The molecule has 0 radical (unpaired) electrons. The number of anilines is 2. The molecule has 0 aliphatic rings. The maximum absolute atomic E-state index is 12.8. The summed E-state index contributed by atoms with van der Waals surface area (Å²) in [5.41, 5.74) is 6.82. The minimum absolute atomic E-state index is 0.147. The van der Waals surface area contributed by atoms with Crippen molar-refractivity contribution in [2.24, 2.45) is 0 Å². The molecule has 0 spiro atoms.